The maximum Gasteiger partial charge on any atom is 0.257 e. The Balaban J connectivity index is 1.91. The fraction of sp³-hybridized carbons (Fsp3) is 0.368. The first kappa shape index (κ1) is 17.8. The molecule has 1 aromatic carbocycles. The van der Waals surface area contributed by atoms with Crippen molar-refractivity contribution in [3.05, 3.63) is 59.0 Å². The number of benzene rings is 1. The van der Waals surface area contributed by atoms with Gasteiger partial charge in [0.1, 0.15) is 6.26 Å². The predicted octanol–water partition coefficient (Wildman–Crippen LogP) is 3.04. The van der Waals surface area contributed by atoms with Gasteiger partial charge in [-0.2, -0.15) is 0 Å². The maximum atomic E-state index is 12.3. The molecule has 0 spiro atoms. The van der Waals surface area contributed by atoms with Gasteiger partial charge in [0.15, 0.2) is 0 Å². The Hall–Kier alpha value is -2.56. The molecule has 0 aliphatic carbocycles. The summed E-state index contributed by atoms with van der Waals surface area (Å²) in [6.45, 7) is 6.20. The summed E-state index contributed by atoms with van der Waals surface area (Å²) in [5.41, 5.74) is 3.17. The number of rotatable bonds is 6. The van der Waals surface area contributed by atoms with Crippen LogP contribution in [-0.2, 0) is 6.42 Å². The summed E-state index contributed by atoms with van der Waals surface area (Å²) in [6, 6.07) is 7.40. The normalized spacial score (nSPS) is 11.8. The van der Waals surface area contributed by atoms with E-state index < -0.39 is 0 Å². The Morgan fingerprint density at radius 2 is 1.88 bits per heavy atom. The Morgan fingerprint density at radius 1 is 1.21 bits per heavy atom. The van der Waals surface area contributed by atoms with Crippen molar-refractivity contribution in [1.82, 2.24) is 10.2 Å². The fourth-order valence-electron chi connectivity index (χ4n) is 2.52. The molecule has 5 heteroatoms. The minimum Gasteiger partial charge on any atom is -0.471 e. The number of nitrogens with zero attached hydrogens (tertiary/aromatic N) is 1. The molecule has 1 aromatic heterocycles. The van der Waals surface area contributed by atoms with Crippen LogP contribution in [0.15, 0.2) is 41.2 Å². The van der Waals surface area contributed by atoms with E-state index in [1.165, 1.54) is 11.8 Å². The number of carbonyl (C=O) groups is 2. The van der Waals surface area contributed by atoms with E-state index in [0.717, 1.165) is 12.0 Å². The first-order valence-electron chi connectivity index (χ1n) is 8.10. The molecule has 0 bridgehead atoms. The van der Waals surface area contributed by atoms with Crippen molar-refractivity contribution in [2.24, 2.45) is 0 Å². The molecular formula is C19H24N2O3. The first-order valence-corrected chi connectivity index (χ1v) is 8.10. The molecule has 0 saturated heterocycles. The van der Waals surface area contributed by atoms with Crippen molar-refractivity contribution < 1.29 is 14.0 Å². The highest BCUT2D eigenvalue weighted by atomic mass is 16.3. The molecule has 0 aliphatic heterocycles. The van der Waals surface area contributed by atoms with E-state index in [0.29, 0.717) is 17.7 Å². The molecule has 1 unspecified atom stereocenters. The van der Waals surface area contributed by atoms with Crippen molar-refractivity contribution in [2.45, 2.75) is 33.2 Å². The van der Waals surface area contributed by atoms with Crippen LogP contribution in [0, 0.1) is 6.92 Å². The third-order valence-electron chi connectivity index (χ3n) is 3.98. The molecule has 0 saturated carbocycles. The van der Waals surface area contributed by atoms with Gasteiger partial charge in [-0.1, -0.05) is 19.1 Å². The Morgan fingerprint density at radius 3 is 2.42 bits per heavy atom. The summed E-state index contributed by atoms with van der Waals surface area (Å²) in [5, 5.41) is 2.92. The second-order valence-corrected chi connectivity index (χ2v) is 6.08. The summed E-state index contributed by atoms with van der Waals surface area (Å²) in [7, 11) is 1.72. The average Bonchev–Trinajstić information content (AvgIpc) is 2.99. The van der Waals surface area contributed by atoms with Crippen molar-refractivity contribution >= 4 is 11.8 Å². The standard InChI is InChI=1S/C19H24N2O3/c1-5-15-6-8-16(9-7-15)18(22)20-14(3)10-21(4)19(23)17-12-24-11-13(17)2/h6-9,11-12,14H,5,10H2,1-4H3,(H,20,22). The van der Waals surface area contributed by atoms with Crippen molar-refractivity contribution in [2.75, 3.05) is 13.6 Å². The van der Waals surface area contributed by atoms with Gasteiger partial charge in [0.2, 0.25) is 0 Å². The number of aryl methyl sites for hydroxylation is 2. The molecule has 2 rings (SSSR count). The number of likely N-dealkylation sites (N-methyl/N-ethyl adjacent to an activating group) is 1. The van der Waals surface area contributed by atoms with Gasteiger partial charge in [-0.3, -0.25) is 9.59 Å². The van der Waals surface area contributed by atoms with Crippen LogP contribution >= 0.6 is 0 Å². The van der Waals surface area contributed by atoms with Gasteiger partial charge in [-0.15, -0.1) is 0 Å². The van der Waals surface area contributed by atoms with Crippen molar-refractivity contribution in [1.29, 1.82) is 0 Å². The molecule has 0 fully saturated rings. The quantitative estimate of drug-likeness (QED) is 0.886. The molecular weight excluding hydrogens is 304 g/mol. The van der Waals surface area contributed by atoms with Crippen LogP contribution in [0.1, 0.15) is 45.7 Å². The van der Waals surface area contributed by atoms with Crippen LogP contribution in [0.25, 0.3) is 0 Å². The number of hydrogen-bond donors (Lipinski definition) is 1. The predicted molar refractivity (Wildman–Crippen MR) is 93.2 cm³/mol. The lowest BCUT2D eigenvalue weighted by molar-refractivity contribution is 0.0767. The Kier molecular flexibility index (Phi) is 5.79. The minimum absolute atomic E-state index is 0.116. The van der Waals surface area contributed by atoms with Crippen molar-refractivity contribution in [3.8, 4) is 0 Å². The lowest BCUT2D eigenvalue weighted by Gasteiger charge is -2.22. The average molecular weight is 328 g/mol. The van der Waals surface area contributed by atoms with Crippen LogP contribution in [0.5, 0.6) is 0 Å². The lowest BCUT2D eigenvalue weighted by Crippen LogP contribution is -2.42. The van der Waals surface area contributed by atoms with Gasteiger partial charge in [0, 0.05) is 25.2 Å². The molecule has 1 heterocycles. The molecule has 2 amide bonds. The van der Waals surface area contributed by atoms with Gasteiger partial charge in [-0.25, -0.2) is 0 Å². The topological polar surface area (TPSA) is 62.6 Å². The molecule has 1 N–H and O–H groups in total. The number of hydrogen-bond acceptors (Lipinski definition) is 3. The molecule has 0 aliphatic rings. The Labute approximate surface area is 142 Å². The van der Waals surface area contributed by atoms with Crippen LogP contribution < -0.4 is 5.32 Å². The van der Waals surface area contributed by atoms with Crippen molar-refractivity contribution in [3.63, 3.8) is 0 Å². The van der Waals surface area contributed by atoms with Crippen LogP contribution in [-0.4, -0.2) is 36.3 Å². The van der Waals surface area contributed by atoms with Crippen LogP contribution in [0.2, 0.25) is 0 Å². The summed E-state index contributed by atoms with van der Waals surface area (Å²) in [5.74, 6) is -0.250. The molecule has 0 radical (unpaired) electrons. The summed E-state index contributed by atoms with van der Waals surface area (Å²) in [6.07, 6.45) is 3.94. The number of carbonyl (C=O) groups excluding carboxylic acids is 2. The number of furan rings is 1. The fourth-order valence-corrected chi connectivity index (χ4v) is 2.52. The number of nitrogens with one attached hydrogen (secondary N) is 1. The van der Waals surface area contributed by atoms with Gasteiger partial charge < -0.3 is 14.6 Å². The largest absolute Gasteiger partial charge is 0.471 e. The zero-order valence-corrected chi connectivity index (χ0v) is 14.6. The third kappa shape index (κ3) is 4.25. The van der Waals surface area contributed by atoms with E-state index in [4.69, 9.17) is 4.42 Å². The van der Waals surface area contributed by atoms with Crippen LogP contribution in [0.3, 0.4) is 0 Å². The monoisotopic (exact) mass is 328 g/mol. The SMILES string of the molecule is CCc1ccc(C(=O)NC(C)CN(C)C(=O)c2cocc2C)cc1. The van der Waals surface area contributed by atoms with E-state index >= 15 is 0 Å². The molecule has 24 heavy (non-hydrogen) atoms. The maximum absolute atomic E-state index is 12.3. The lowest BCUT2D eigenvalue weighted by atomic mass is 10.1. The highest BCUT2D eigenvalue weighted by Crippen LogP contribution is 2.11. The summed E-state index contributed by atoms with van der Waals surface area (Å²) >= 11 is 0. The minimum atomic E-state index is -0.162. The third-order valence-corrected chi connectivity index (χ3v) is 3.98. The van der Waals surface area contributed by atoms with Gasteiger partial charge in [-0.05, 0) is 43.5 Å². The molecule has 5 nitrogen and oxygen atoms in total. The van der Waals surface area contributed by atoms with E-state index in [1.54, 1.807) is 18.2 Å². The Bertz CT molecular complexity index is 704. The second-order valence-electron chi connectivity index (χ2n) is 6.08. The summed E-state index contributed by atoms with van der Waals surface area (Å²) < 4.78 is 5.05. The number of amides is 2. The zero-order valence-electron chi connectivity index (χ0n) is 14.6. The zero-order chi connectivity index (χ0) is 17.7. The molecule has 128 valence electrons. The highest BCUT2D eigenvalue weighted by Gasteiger charge is 2.19. The van der Waals surface area contributed by atoms with Gasteiger partial charge in [0.25, 0.3) is 11.8 Å². The van der Waals surface area contributed by atoms with Gasteiger partial charge in [0.05, 0.1) is 11.8 Å². The summed E-state index contributed by atoms with van der Waals surface area (Å²) in [4.78, 5) is 26.2. The van der Waals surface area contributed by atoms with E-state index in [-0.39, 0.29) is 17.9 Å². The molecule has 1 atom stereocenters. The van der Waals surface area contributed by atoms with E-state index in [9.17, 15) is 9.59 Å². The first-order chi connectivity index (χ1) is 11.4. The smallest absolute Gasteiger partial charge is 0.257 e. The van der Waals surface area contributed by atoms with E-state index in [2.05, 4.69) is 12.2 Å². The molecule has 2 aromatic rings. The van der Waals surface area contributed by atoms with E-state index in [1.807, 2.05) is 38.1 Å². The van der Waals surface area contributed by atoms with Crippen LogP contribution in [0.4, 0.5) is 0 Å². The van der Waals surface area contributed by atoms with Gasteiger partial charge >= 0.3 is 0 Å². The highest BCUT2D eigenvalue weighted by molar-refractivity contribution is 5.95. The second kappa shape index (κ2) is 7.81.